The van der Waals surface area contributed by atoms with Gasteiger partial charge < -0.3 is 20.5 Å². The van der Waals surface area contributed by atoms with Gasteiger partial charge in [0.2, 0.25) is 0 Å². The Labute approximate surface area is 167 Å². The summed E-state index contributed by atoms with van der Waals surface area (Å²) < 4.78 is 5.88. The molecule has 1 aliphatic heterocycles. The van der Waals surface area contributed by atoms with Gasteiger partial charge in [-0.15, -0.1) is 0 Å². The van der Waals surface area contributed by atoms with Crippen LogP contribution in [0.1, 0.15) is 51.5 Å². The van der Waals surface area contributed by atoms with Crippen molar-refractivity contribution in [2.24, 2.45) is 0 Å². The lowest BCUT2D eigenvalue weighted by Crippen LogP contribution is -2.39. The van der Waals surface area contributed by atoms with Gasteiger partial charge in [0, 0.05) is 44.4 Å². The van der Waals surface area contributed by atoms with Crippen molar-refractivity contribution in [1.29, 1.82) is 0 Å². The first-order chi connectivity index (χ1) is 13.4. The quantitative estimate of drug-likeness (QED) is 0.532. The summed E-state index contributed by atoms with van der Waals surface area (Å²) in [5.74, 6) is -0.858. The van der Waals surface area contributed by atoms with Crippen LogP contribution in [-0.4, -0.2) is 53.8 Å². The molecule has 1 aromatic rings. The number of rotatable bonds is 10. The van der Waals surface area contributed by atoms with Gasteiger partial charge in [0.1, 0.15) is 0 Å². The molecule has 0 radical (unpaired) electrons. The lowest BCUT2D eigenvalue weighted by atomic mass is 10.1. The van der Waals surface area contributed by atoms with Crippen LogP contribution in [0.2, 0.25) is 0 Å². The van der Waals surface area contributed by atoms with Crippen LogP contribution in [0, 0.1) is 0 Å². The maximum atomic E-state index is 11.8. The van der Waals surface area contributed by atoms with E-state index in [0.717, 1.165) is 26.1 Å². The first-order valence-corrected chi connectivity index (χ1v) is 10.2. The second-order valence-corrected chi connectivity index (χ2v) is 7.59. The zero-order valence-corrected chi connectivity index (χ0v) is 16.9. The molecule has 0 bridgehead atoms. The van der Waals surface area contributed by atoms with Crippen molar-refractivity contribution in [2.75, 3.05) is 25.0 Å². The van der Waals surface area contributed by atoms with Crippen LogP contribution in [0.25, 0.3) is 0 Å². The molecule has 1 fully saturated rings. The summed E-state index contributed by atoms with van der Waals surface area (Å²) in [7, 11) is 0. The predicted molar refractivity (Wildman–Crippen MR) is 109 cm³/mol. The molecule has 7 heteroatoms. The van der Waals surface area contributed by atoms with E-state index in [1.54, 1.807) is 0 Å². The fourth-order valence-electron chi connectivity index (χ4n) is 3.22. The molecule has 2 rings (SSSR count). The zero-order valence-electron chi connectivity index (χ0n) is 16.9. The van der Waals surface area contributed by atoms with E-state index in [9.17, 15) is 9.59 Å². The smallest absolute Gasteiger partial charge is 0.319 e. The molecule has 0 saturated carbocycles. The Bertz CT molecular complexity index is 613. The number of carbonyl (C=O) groups excluding carboxylic acids is 1. The van der Waals surface area contributed by atoms with Crippen LogP contribution in [0.5, 0.6) is 0 Å². The third kappa shape index (κ3) is 8.27. The number of hydrogen-bond donors (Lipinski definition) is 3. The van der Waals surface area contributed by atoms with E-state index in [4.69, 9.17) is 9.84 Å². The number of ether oxygens (including phenoxy) is 1. The van der Waals surface area contributed by atoms with Crippen LogP contribution < -0.4 is 10.6 Å². The summed E-state index contributed by atoms with van der Waals surface area (Å²) in [6.07, 6.45) is 4.33. The Morgan fingerprint density at radius 3 is 2.61 bits per heavy atom. The van der Waals surface area contributed by atoms with Crippen LogP contribution >= 0.6 is 0 Å². The van der Waals surface area contributed by atoms with Gasteiger partial charge in [0.15, 0.2) is 0 Å². The topological polar surface area (TPSA) is 90.9 Å². The van der Waals surface area contributed by atoms with Gasteiger partial charge >= 0.3 is 12.0 Å². The monoisotopic (exact) mass is 391 g/mol. The van der Waals surface area contributed by atoms with E-state index >= 15 is 0 Å². The van der Waals surface area contributed by atoms with Crippen molar-refractivity contribution in [3.63, 3.8) is 0 Å². The zero-order chi connectivity index (χ0) is 20.4. The highest BCUT2D eigenvalue weighted by atomic mass is 16.5. The molecule has 1 heterocycles. The Kier molecular flexibility index (Phi) is 9.23. The summed E-state index contributed by atoms with van der Waals surface area (Å²) >= 11 is 0. The molecule has 3 N–H and O–H groups in total. The van der Waals surface area contributed by atoms with Crippen molar-refractivity contribution in [3.05, 3.63) is 29.8 Å². The normalized spacial score (nSPS) is 16.9. The molecule has 1 saturated heterocycles. The maximum absolute atomic E-state index is 11.8. The lowest BCUT2D eigenvalue weighted by Gasteiger charge is -2.32. The van der Waals surface area contributed by atoms with Crippen molar-refractivity contribution >= 4 is 17.7 Å². The lowest BCUT2D eigenvalue weighted by molar-refractivity contribution is -0.137. The van der Waals surface area contributed by atoms with E-state index < -0.39 is 5.97 Å². The number of urea groups is 1. The third-order valence-corrected chi connectivity index (χ3v) is 4.89. The molecule has 1 aromatic carbocycles. The Morgan fingerprint density at radius 1 is 1.25 bits per heavy atom. The number of carboxylic acids is 1. The van der Waals surface area contributed by atoms with Crippen LogP contribution in [0.4, 0.5) is 10.5 Å². The van der Waals surface area contributed by atoms with Gasteiger partial charge in [0.05, 0.1) is 6.10 Å². The highest BCUT2D eigenvalue weighted by Crippen LogP contribution is 2.18. The molecule has 7 nitrogen and oxygen atoms in total. The van der Waals surface area contributed by atoms with Crippen molar-refractivity contribution < 1.29 is 19.4 Å². The summed E-state index contributed by atoms with van der Waals surface area (Å²) in [5, 5.41) is 14.0. The highest BCUT2D eigenvalue weighted by molar-refractivity contribution is 5.89. The largest absolute Gasteiger partial charge is 0.481 e. The minimum absolute atomic E-state index is 0.0488. The number of aliphatic carboxylic acids is 1. The number of nitrogens with zero attached hydrogens (tertiary/aromatic N) is 1. The highest BCUT2D eigenvalue weighted by Gasteiger charge is 2.19. The van der Waals surface area contributed by atoms with Crippen molar-refractivity contribution in [1.82, 2.24) is 10.2 Å². The van der Waals surface area contributed by atoms with Gasteiger partial charge in [-0.1, -0.05) is 12.1 Å². The summed E-state index contributed by atoms with van der Waals surface area (Å²) in [6.45, 7) is 7.40. The fourth-order valence-corrected chi connectivity index (χ4v) is 3.22. The standard InChI is InChI=1S/C21H33N3O4/c1-16(2)24(15-19-6-3-4-13-28-19)14-17-8-10-18(11-9-17)23-21(27)22-12-5-7-20(25)26/h8-11,16,19H,3-7,12-15H2,1-2H3,(H,25,26)(H2,22,23,27). The Balaban J connectivity index is 1.79. The van der Waals surface area contributed by atoms with Crippen LogP contribution in [0.15, 0.2) is 24.3 Å². The van der Waals surface area contributed by atoms with E-state index in [2.05, 4.69) is 29.4 Å². The molecule has 1 aliphatic rings. The molecule has 156 valence electrons. The average molecular weight is 392 g/mol. The first kappa shape index (κ1) is 22.2. The Hall–Kier alpha value is -2.12. The van der Waals surface area contributed by atoms with Gasteiger partial charge in [-0.3, -0.25) is 9.69 Å². The number of carboxylic acid groups (broad SMARTS) is 1. The van der Waals surface area contributed by atoms with E-state index in [1.165, 1.54) is 18.4 Å². The molecular formula is C21H33N3O4. The molecule has 2 amide bonds. The van der Waals surface area contributed by atoms with Gasteiger partial charge in [-0.05, 0) is 57.2 Å². The number of anilines is 1. The molecule has 28 heavy (non-hydrogen) atoms. The van der Waals surface area contributed by atoms with Crippen LogP contribution in [0.3, 0.4) is 0 Å². The van der Waals surface area contributed by atoms with Gasteiger partial charge in [0.25, 0.3) is 0 Å². The van der Waals surface area contributed by atoms with Gasteiger partial charge in [-0.25, -0.2) is 4.79 Å². The minimum atomic E-state index is -0.858. The summed E-state index contributed by atoms with van der Waals surface area (Å²) in [4.78, 5) is 24.7. The molecule has 1 unspecified atom stereocenters. The second kappa shape index (κ2) is 11.7. The van der Waals surface area contributed by atoms with E-state index in [-0.39, 0.29) is 12.5 Å². The second-order valence-electron chi connectivity index (χ2n) is 7.59. The number of benzene rings is 1. The SMILES string of the molecule is CC(C)N(Cc1ccc(NC(=O)NCCCC(=O)O)cc1)CC1CCCCO1. The summed E-state index contributed by atoms with van der Waals surface area (Å²) in [6, 6.07) is 7.94. The number of nitrogens with one attached hydrogen (secondary N) is 2. The van der Waals surface area contributed by atoms with Crippen molar-refractivity contribution in [3.8, 4) is 0 Å². The number of carbonyl (C=O) groups is 2. The minimum Gasteiger partial charge on any atom is -0.481 e. The summed E-state index contributed by atoms with van der Waals surface area (Å²) in [5.41, 5.74) is 1.91. The number of hydrogen-bond acceptors (Lipinski definition) is 4. The Morgan fingerprint density at radius 2 is 2.00 bits per heavy atom. The van der Waals surface area contributed by atoms with Crippen LogP contribution in [-0.2, 0) is 16.1 Å². The van der Waals surface area contributed by atoms with E-state index in [0.29, 0.717) is 30.8 Å². The molecule has 1 atom stereocenters. The first-order valence-electron chi connectivity index (χ1n) is 10.2. The average Bonchev–Trinajstić information content (AvgIpc) is 2.67. The van der Waals surface area contributed by atoms with E-state index in [1.807, 2.05) is 24.3 Å². The predicted octanol–water partition coefficient (Wildman–Crippen LogP) is 3.45. The maximum Gasteiger partial charge on any atom is 0.319 e. The third-order valence-electron chi connectivity index (χ3n) is 4.89. The molecule has 0 aromatic heterocycles. The molecule has 0 aliphatic carbocycles. The fraction of sp³-hybridized carbons (Fsp3) is 0.619. The molecular weight excluding hydrogens is 358 g/mol. The molecule has 0 spiro atoms. The van der Waals surface area contributed by atoms with Gasteiger partial charge in [-0.2, -0.15) is 0 Å². The van der Waals surface area contributed by atoms with Crippen molar-refractivity contribution in [2.45, 2.75) is 64.6 Å². The number of amides is 2.